The van der Waals surface area contributed by atoms with Gasteiger partial charge in [0.1, 0.15) is 12.2 Å². The van der Waals surface area contributed by atoms with E-state index in [1.807, 2.05) is 17.0 Å². The second-order valence-electron chi connectivity index (χ2n) is 5.83. The van der Waals surface area contributed by atoms with E-state index in [1.165, 1.54) is 6.33 Å². The minimum absolute atomic E-state index is 0.0129. The van der Waals surface area contributed by atoms with Crippen LogP contribution in [0.1, 0.15) is 35.8 Å². The molecule has 0 spiro atoms. The van der Waals surface area contributed by atoms with Crippen molar-refractivity contribution in [2.45, 2.75) is 31.4 Å². The molecule has 2 atom stereocenters. The highest BCUT2D eigenvalue weighted by Crippen LogP contribution is 2.31. The number of hydrogen-bond acceptors (Lipinski definition) is 5. The highest BCUT2D eigenvalue weighted by atomic mass is 16.5. The summed E-state index contributed by atoms with van der Waals surface area (Å²) in [6, 6.07) is 9.30. The molecule has 1 aromatic carbocycles. The number of ether oxygens (including phenoxy) is 1. The first-order chi connectivity index (χ1) is 11.7. The lowest BCUT2D eigenvalue weighted by Crippen LogP contribution is -2.32. The average Bonchev–Trinajstić information content (AvgIpc) is 3.29. The van der Waals surface area contributed by atoms with Crippen LogP contribution >= 0.6 is 0 Å². The van der Waals surface area contributed by atoms with Crippen LogP contribution in [0.3, 0.4) is 0 Å². The number of carbonyl (C=O) groups is 1. The molecule has 1 aromatic heterocycles. The van der Waals surface area contributed by atoms with Gasteiger partial charge in [-0.25, -0.2) is 4.98 Å². The van der Waals surface area contributed by atoms with Gasteiger partial charge in [-0.1, -0.05) is 12.1 Å². The van der Waals surface area contributed by atoms with Crippen molar-refractivity contribution in [2.75, 3.05) is 13.7 Å². The molecule has 1 amide bonds. The Kier molecular flexibility index (Phi) is 4.87. The van der Waals surface area contributed by atoms with Crippen LogP contribution in [0.25, 0.3) is 0 Å². The normalized spacial score (nSPS) is 20.1. The number of amides is 1. The topological polar surface area (TPSA) is 94.9 Å². The molecule has 1 aliphatic heterocycles. The van der Waals surface area contributed by atoms with E-state index in [1.54, 1.807) is 19.2 Å². The Morgan fingerprint density at radius 2 is 2.25 bits per heavy atom. The van der Waals surface area contributed by atoms with Crippen LogP contribution in [0.5, 0.6) is 0 Å². The molecule has 1 N–H and O–H groups in total. The number of H-pyrrole nitrogens is 1. The van der Waals surface area contributed by atoms with Gasteiger partial charge in [-0.2, -0.15) is 10.4 Å². The molecule has 1 saturated heterocycles. The lowest BCUT2D eigenvalue weighted by molar-refractivity contribution is -0.132. The Morgan fingerprint density at radius 3 is 2.88 bits per heavy atom. The molecule has 0 unspecified atom stereocenters. The van der Waals surface area contributed by atoms with Crippen LogP contribution in [0.4, 0.5) is 0 Å². The highest BCUT2D eigenvalue weighted by molar-refractivity contribution is 5.77. The lowest BCUT2D eigenvalue weighted by atomic mass is 10.1. The molecule has 2 heterocycles. The van der Waals surface area contributed by atoms with Crippen LogP contribution in [0.2, 0.25) is 0 Å². The molecule has 124 valence electrons. The van der Waals surface area contributed by atoms with Crippen LogP contribution in [-0.2, 0) is 16.0 Å². The maximum Gasteiger partial charge on any atom is 0.223 e. The summed E-state index contributed by atoms with van der Waals surface area (Å²) >= 11 is 0. The summed E-state index contributed by atoms with van der Waals surface area (Å²) in [6.45, 7) is 0.564. The zero-order valence-electron chi connectivity index (χ0n) is 13.5. The van der Waals surface area contributed by atoms with E-state index < -0.39 is 0 Å². The second kappa shape index (κ2) is 7.23. The highest BCUT2D eigenvalue weighted by Gasteiger charge is 2.37. The average molecular weight is 325 g/mol. The van der Waals surface area contributed by atoms with Gasteiger partial charge in [0.15, 0.2) is 0 Å². The minimum Gasteiger partial charge on any atom is -0.380 e. The predicted molar refractivity (Wildman–Crippen MR) is 85.7 cm³/mol. The third-order valence-corrected chi connectivity index (χ3v) is 4.38. The van der Waals surface area contributed by atoms with E-state index in [2.05, 4.69) is 21.3 Å². The molecule has 0 saturated carbocycles. The number of nitrogens with zero attached hydrogens (tertiary/aromatic N) is 4. The fraction of sp³-hybridized carbons (Fsp3) is 0.412. The van der Waals surface area contributed by atoms with Crippen LogP contribution in [0, 0.1) is 11.3 Å². The Bertz CT molecular complexity index is 720. The van der Waals surface area contributed by atoms with Crippen molar-refractivity contribution in [3.05, 3.63) is 47.5 Å². The summed E-state index contributed by atoms with van der Waals surface area (Å²) < 4.78 is 5.42. The summed E-state index contributed by atoms with van der Waals surface area (Å²) in [5.41, 5.74) is 1.67. The summed E-state index contributed by atoms with van der Waals surface area (Å²) in [6.07, 6.45) is 3.23. The zero-order chi connectivity index (χ0) is 16.9. The smallest absolute Gasteiger partial charge is 0.223 e. The third kappa shape index (κ3) is 3.44. The van der Waals surface area contributed by atoms with E-state index in [0.717, 1.165) is 5.56 Å². The van der Waals surface area contributed by atoms with Gasteiger partial charge >= 0.3 is 0 Å². The molecule has 24 heavy (non-hydrogen) atoms. The Hall–Kier alpha value is -2.72. The number of aromatic amines is 1. The quantitative estimate of drug-likeness (QED) is 0.901. The number of nitrogens with one attached hydrogen (secondary N) is 1. The summed E-state index contributed by atoms with van der Waals surface area (Å²) in [5.74, 6) is 0.765. The molecule has 0 radical (unpaired) electrons. The number of nitriles is 1. The number of hydrogen-bond donors (Lipinski definition) is 1. The first-order valence-corrected chi connectivity index (χ1v) is 7.88. The van der Waals surface area contributed by atoms with Gasteiger partial charge in [0.2, 0.25) is 5.91 Å². The van der Waals surface area contributed by atoms with Crippen molar-refractivity contribution in [3.8, 4) is 6.07 Å². The zero-order valence-corrected chi connectivity index (χ0v) is 13.5. The van der Waals surface area contributed by atoms with Gasteiger partial charge in [0, 0.05) is 26.5 Å². The minimum atomic E-state index is -0.120. The monoisotopic (exact) mass is 325 g/mol. The van der Waals surface area contributed by atoms with Crippen molar-refractivity contribution < 1.29 is 9.53 Å². The number of aryl methyl sites for hydroxylation is 1. The molecule has 2 aromatic rings. The van der Waals surface area contributed by atoms with E-state index in [-0.39, 0.29) is 18.1 Å². The summed E-state index contributed by atoms with van der Waals surface area (Å²) in [7, 11) is 1.66. The summed E-state index contributed by atoms with van der Waals surface area (Å²) in [5, 5.41) is 15.6. The fourth-order valence-corrected chi connectivity index (χ4v) is 3.02. The molecule has 1 aliphatic rings. The molecule has 7 nitrogen and oxygen atoms in total. The van der Waals surface area contributed by atoms with Crippen molar-refractivity contribution in [2.24, 2.45) is 0 Å². The van der Waals surface area contributed by atoms with E-state index in [4.69, 9.17) is 10.00 Å². The number of rotatable bonds is 5. The molecular formula is C17H19N5O2. The molecule has 3 rings (SSSR count). The number of methoxy groups -OCH3 is 1. The lowest BCUT2D eigenvalue weighted by Gasteiger charge is -2.22. The number of carbonyl (C=O) groups excluding carboxylic acids is 1. The molecular weight excluding hydrogens is 306 g/mol. The van der Waals surface area contributed by atoms with Gasteiger partial charge in [0.05, 0.1) is 23.8 Å². The molecule has 1 fully saturated rings. The molecule has 0 bridgehead atoms. The van der Waals surface area contributed by atoms with Gasteiger partial charge < -0.3 is 9.64 Å². The second-order valence-corrected chi connectivity index (χ2v) is 5.83. The van der Waals surface area contributed by atoms with Crippen molar-refractivity contribution in [1.82, 2.24) is 20.1 Å². The largest absolute Gasteiger partial charge is 0.380 e. The van der Waals surface area contributed by atoms with Crippen LogP contribution < -0.4 is 0 Å². The van der Waals surface area contributed by atoms with Crippen molar-refractivity contribution in [3.63, 3.8) is 0 Å². The number of benzene rings is 1. The van der Waals surface area contributed by atoms with Crippen molar-refractivity contribution >= 4 is 5.91 Å². The number of aromatic nitrogens is 3. The molecule has 0 aliphatic carbocycles. The van der Waals surface area contributed by atoms with Crippen molar-refractivity contribution in [1.29, 1.82) is 5.26 Å². The number of likely N-dealkylation sites (tertiary alicyclic amines) is 1. The summed E-state index contributed by atoms with van der Waals surface area (Å²) in [4.78, 5) is 18.7. The standard InChI is InChI=1S/C17H19N5O2/c1-24-14-8-15(17-19-11-20-21-17)22(10-14)16(23)7-6-12-2-4-13(9-18)5-3-12/h2-5,11,14-15H,6-8,10H2,1H3,(H,19,20,21)/t14-,15+/m1/s1. The van der Waals surface area contributed by atoms with Gasteiger partial charge in [-0.05, 0) is 24.1 Å². The fourth-order valence-electron chi connectivity index (χ4n) is 3.02. The first kappa shape index (κ1) is 16.1. The van der Waals surface area contributed by atoms with Crippen LogP contribution in [-0.4, -0.2) is 45.7 Å². The maximum absolute atomic E-state index is 12.7. The van der Waals surface area contributed by atoms with Gasteiger partial charge in [-0.3, -0.25) is 9.89 Å². The predicted octanol–water partition coefficient (Wildman–Crippen LogP) is 1.60. The Labute approximate surface area is 140 Å². The molecule has 7 heteroatoms. The Morgan fingerprint density at radius 1 is 1.46 bits per heavy atom. The van der Waals surface area contributed by atoms with Crippen LogP contribution in [0.15, 0.2) is 30.6 Å². The Balaban J connectivity index is 1.65. The van der Waals surface area contributed by atoms with E-state index in [0.29, 0.717) is 37.2 Å². The third-order valence-electron chi connectivity index (χ3n) is 4.38. The van der Waals surface area contributed by atoms with E-state index >= 15 is 0 Å². The van der Waals surface area contributed by atoms with E-state index in [9.17, 15) is 4.79 Å². The SMILES string of the molecule is CO[C@@H]1C[C@@H](c2ncn[nH]2)N(C(=O)CCc2ccc(C#N)cc2)C1. The first-order valence-electron chi connectivity index (χ1n) is 7.88. The van der Waals surface area contributed by atoms with Gasteiger partial charge in [0.25, 0.3) is 0 Å². The maximum atomic E-state index is 12.7. The van der Waals surface area contributed by atoms with Gasteiger partial charge in [-0.15, -0.1) is 0 Å².